The Morgan fingerprint density at radius 1 is 1.21 bits per heavy atom. The van der Waals surface area contributed by atoms with Gasteiger partial charge in [0.25, 0.3) is 0 Å². The van der Waals surface area contributed by atoms with Crippen molar-refractivity contribution in [1.82, 2.24) is 5.32 Å². The number of carbonyl (C=O) groups excluding carboxylic acids is 1. The number of fused-ring (bicyclic) bond motifs is 2. The summed E-state index contributed by atoms with van der Waals surface area (Å²) in [5, 5.41) is 3.23. The van der Waals surface area contributed by atoms with Gasteiger partial charge in [0.2, 0.25) is 5.91 Å². The predicted molar refractivity (Wildman–Crippen MR) is 99.0 cm³/mol. The molecule has 1 aromatic carbocycles. The third-order valence-corrected chi connectivity index (χ3v) is 6.52. The van der Waals surface area contributed by atoms with E-state index in [1.165, 1.54) is 37.7 Å². The molecule has 4 unspecified atom stereocenters. The zero-order valence-corrected chi connectivity index (χ0v) is 15.1. The van der Waals surface area contributed by atoms with Gasteiger partial charge in [-0.25, -0.2) is 0 Å². The number of rotatable bonds is 6. The maximum atomic E-state index is 13.1. The van der Waals surface area contributed by atoms with E-state index in [1.807, 2.05) is 6.07 Å². The Bertz CT molecular complexity index is 574. The van der Waals surface area contributed by atoms with E-state index < -0.39 is 0 Å². The molecule has 1 aromatic rings. The third kappa shape index (κ3) is 3.34. The van der Waals surface area contributed by atoms with Crippen molar-refractivity contribution in [2.75, 3.05) is 6.54 Å². The van der Waals surface area contributed by atoms with Crippen LogP contribution >= 0.6 is 12.4 Å². The van der Waals surface area contributed by atoms with Crippen molar-refractivity contribution in [3.63, 3.8) is 0 Å². The minimum absolute atomic E-state index is 0. The molecule has 4 rings (SSSR count). The second-order valence-corrected chi connectivity index (χ2v) is 8.11. The highest BCUT2D eigenvalue weighted by atomic mass is 35.5. The van der Waals surface area contributed by atoms with Gasteiger partial charge in [-0.1, -0.05) is 36.8 Å². The van der Waals surface area contributed by atoms with E-state index in [2.05, 4.69) is 29.6 Å². The standard InChI is InChI=1S/C20H28N2O.ClH/c21-18(16-7-8-16)13-22-19(23)20(11-14-4-2-1-3-5-14)12-15-6-9-17(20)10-15;/h1-5,15-18H,6-13,21H2,(H,22,23);1H. The average Bonchev–Trinajstić information content (AvgIpc) is 3.24. The first kappa shape index (κ1) is 17.8. The van der Waals surface area contributed by atoms with Gasteiger partial charge < -0.3 is 11.1 Å². The van der Waals surface area contributed by atoms with E-state index in [-0.39, 0.29) is 29.8 Å². The molecule has 0 spiro atoms. The molecule has 3 aliphatic rings. The number of hydrogen-bond acceptors (Lipinski definition) is 2. The topological polar surface area (TPSA) is 55.1 Å². The minimum Gasteiger partial charge on any atom is -0.354 e. The summed E-state index contributed by atoms with van der Waals surface area (Å²) in [7, 11) is 0. The van der Waals surface area contributed by atoms with Crippen molar-refractivity contribution in [1.29, 1.82) is 0 Å². The van der Waals surface area contributed by atoms with Crippen LogP contribution in [0.25, 0.3) is 0 Å². The van der Waals surface area contributed by atoms with E-state index in [0.717, 1.165) is 18.8 Å². The highest BCUT2D eigenvalue weighted by Crippen LogP contribution is 2.57. The van der Waals surface area contributed by atoms with Crippen molar-refractivity contribution < 1.29 is 4.79 Å². The summed E-state index contributed by atoms with van der Waals surface area (Å²) in [5.41, 5.74) is 7.29. The van der Waals surface area contributed by atoms with Gasteiger partial charge in [0.05, 0.1) is 5.41 Å². The van der Waals surface area contributed by atoms with Gasteiger partial charge in [0.1, 0.15) is 0 Å². The lowest BCUT2D eigenvalue weighted by Crippen LogP contribution is -2.49. The molecule has 0 heterocycles. The van der Waals surface area contributed by atoms with E-state index in [9.17, 15) is 4.79 Å². The number of halogens is 1. The molecule has 3 aliphatic carbocycles. The fraction of sp³-hybridized carbons (Fsp3) is 0.650. The first-order chi connectivity index (χ1) is 11.2. The molecule has 0 radical (unpaired) electrons. The molecule has 4 heteroatoms. The fourth-order valence-corrected chi connectivity index (χ4v) is 5.06. The van der Waals surface area contributed by atoms with Crippen LogP contribution in [0.15, 0.2) is 30.3 Å². The van der Waals surface area contributed by atoms with Crippen molar-refractivity contribution in [2.24, 2.45) is 28.9 Å². The Morgan fingerprint density at radius 3 is 2.54 bits per heavy atom. The smallest absolute Gasteiger partial charge is 0.226 e. The molecule has 0 aliphatic heterocycles. The second kappa shape index (κ2) is 7.05. The summed E-state index contributed by atoms with van der Waals surface area (Å²) < 4.78 is 0. The van der Waals surface area contributed by atoms with Gasteiger partial charge in [-0.3, -0.25) is 4.79 Å². The molecular weight excluding hydrogens is 320 g/mol. The third-order valence-electron chi connectivity index (χ3n) is 6.52. The van der Waals surface area contributed by atoms with Gasteiger partial charge in [-0.15, -0.1) is 12.4 Å². The fourth-order valence-electron chi connectivity index (χ4n) is 5.06. The van der Waals surface area contributed by atoms with Crippen molar-refractivity contribution in [3.8, 4) is 0 Å². The Hall–Kier alpha value is -1.06. The van der Waals surface area contributed by atoms with Crippen LogP contribution in [-0.2, 0) is 11.2 Å². The molecule has 24 heavy (non-hydrogen) atoms. The van der Waals surface area contributed by atoms with Crippen LogP contribution in [0.2, 0.25) is 0 Å². The Morgan fingerprint density at radius 2 is 1.96 bits per heavy atom. The van der Waals surface area contributed by atoms with Crippen molar-refractivity contribution in [3.05, 3.63) is 35.9 Å². The van der Waals surface area contributed by atoms with Crippen LogP contribution in [0.4, 0.5) is 0 Å². The van der Waals surface area contributed by atoms with Gasteiger partial charge in [-0.05, 0) is 61.8 Å². The molecule has 3 fully saturated rings. The Labute approximate surface area is 151 Å². The quantitative estimate of drug-likeness (QED) is 0.828. The minimum atomic E-state index is -0.187. The summed E-state index contributed by atoms with van der Waals surface area (Å²) in [6.07, 6.45) is 8.20. The second-order valence-electron chi connectivity index (χ2n) is 8.11. The van der Waals surface area contributed by atoms with Gasteiger partial charge >= 0.3 is 0 Å². The van der Waals surface area contributed by atoms with Gasteiger partial charge in [-0.2, -0.15) is 0 Å². The summed E-state index contributed by atoms with van der Waals surface area (Å²) in [6, 6.07) is 10.7. The van der Waals surface area contributed by atoms with Crippen LogP contribution in [0.5, 0.6) is 0 Å². The molecule has 0 aromatic heterocycles. The number of nitrogens with one attached hydrogen (secondary N) is 1. The molecule has 3 N–H and O–H groups in total. The molecule has 4 atom stereocenters. The first-order valence-corrected chi connectivity index (χ1v) is 9.25. The Balaban J connectivity index is 0.00000169. The normalized spacial score (nSPS) is 32.2. The van der Waals surface area contributed by atoms with Gasteiger partial charge in [0, 0.05) is 12.6 Å². The van der Waals surface area contributed by atoms with Crippen LogP contribution in [0.3, 0.4) is 0 Å². The van der Waals surface area contributed by atoms with Crippen LogP contribution < -0.4 is 11.1 Å². The summed E-state index contributed by atoms with van der Waals surface area (Å²) >= 11 is 0. The highest BCUT2D eigenvalue weighted by Gasteiger charge is 2.55. The zero-order valence-electron chi connectivity index (χ0n) is 14.2. The summed E-state index contributed by atoms with van der Waals surface area (Å²) in [6.45, 7) is 0.650. The van der Waals surface area contributed by atoms with Crippen molar-refractivity contribution >= 4 is 18.3 Å². The maximum absolute atomic E-state index is 13.1. The molecule has 2 bridgehead atoms. The van der Waals surface area contributed by atoms with E-state index >= 15 is 0 Å². The lowest BCUT2D eigenvalue weighted by molar-refractivity contribution is -0.134. The lowest BCUT2D eigenvalue weighted by atomic mass is 9.68. The van der Waals surface area contributed by atoms with E-state index in [0.29, 0.717) is 18.4 Å². The average molecular weight is 349 g/mol. The summed E-state index contributed by atoms with van der Waals surface area (Å²) in [5.74, 6) is 2.22. The first-order valence-electron chi connectivity index (χ1n) is 9.25. The highest BCUT2D eigenvalue weighted by molar-refractivity contribution is 5.85. The lowest BCUT2D eigenvalue weighted by Gasteiger charge is -2.37. The molecule has 3 saturated carbocycles. The monoisotopic (exact) mass is 348 g/mol. The maximum Gasteiger partial charge on any atom is 0.226 e. The molecular formula is C20H29ClN2O. The molecule has 1 amide bonds. The largest absolute Gasteiger partial charge is 0.354 e. The molecule has 0 saturated heterocycles. The SMILES string of the molecule is Cl.NC(CNC(=O)C1(Cc2ccccc2)CC2CCC1C2)C1CC1. The molecule has 3 nitrogen and oxygen atoms in total. The zero-order chi connectivity index (χ0) is 15.9. The van der Waals surface area contributed by atoms with E-state index in [4.69, 9.17) is 5.73 Å². The van der Waals surface area contributed by atoms with Crippen LogP contribution in [0, 0.1) is 23.2 Å². The number of hydrogen-bond donors (Lipinski definition) is 2. The number of carbonyl (C=O) groups is 1. The number of amides is 1. The van der Waals surface area contributed by atoms with Gasteiger partial charge in [0.15, 0.2) is 0 Å². The predicted octanol–water partition coefficient (Wildman–Crippen LogP) is 3.31. The van der Waals surface area contributed by atoms with Crippen molar-refractivity contribution in [2.45, 2.75) is 51.0 Å². The van der Waals surface area contributed by atoms with Crippen LogP contribution in [-0.4, -0.2) is 18.5 Å². The summed E-state index contributed by atoms with van der Waals surface area (Å²) in [4.78, 5) is 13.1. The van der Waals surface area contributed by atoms with E-state index in [1.54, 1.807) is 0 Å². The van der Waals surface area contributed by atoms with Crippen LogP contribution in [0.1, 0.15) is 44.1 Å². The number of benzene rings is 1. The molecule has 132 valence electrons. The Kier molecular flexibility index (Phi) is 5.22. The number of nitrogens with two attached hydrogens (primary N) is 1.